The standard InChI is InChI=1S/C26H19ClFNO5S/c1-13-7-8-35-25(13)21-20(23(31)26(32)29(21)12-14-3-5-17(28)6-4-14)22(30)18-10-15-9-16(27)11-19(33-2)24(15)34-18/h3-11,21,31H,12H2,1-2H3. The number of halogens is 2. The maximum atomic E-state index is 13.7. The van der Waals surface area contributed by atoms with Gasteiger partial charge in [0.05, 0.1) is 12.7 Å². The van der Waals surface area contributed by atoms with E-state index in [0.29, 0.717) is 27.3 Å². The van der Waals surface area contributed by atoms with Gasteiger partial charge in [-0.1, -0.05) is 23.7 Å². The first kappa shape index (κ1) is 23.1. The second-order valence-electron chi connectivity index (χ2n) is 8.16. The van der Waals surface area contributed by atoms with Crippen LogP contribution in [0.1, 0.15) is 32.6 Å². The minimum Gasteiger partial charge on any atom is -0.503 e. The molecule has 35 heavy (non-hydrogen) atoms. The highest BCUT2D eigenvalue weighted by atomic mass is 35.5. The first-order chi connectivity index (χ1) is 16.8. The Labute approximate surface area is 208 Å². The summed E-state index contributed by atoms with van der Waals surface area (Å²) in [5, 5.41) is 13.7. The van der Waals surface area contributed by atoms with E-state index < -0.39 is 29.3 Å². The number of carbonyl (C=O) groups is 2. The molecule has 0 bridgehead atoms. The number of aliphatic hydroxyl groups excluding tert-OH is 1. The van der Waals surface area contributed by atoms with Gasteiger partial charge in [-0.05, 0) is 53.8 Å². The molecule has 0 saturated heterocycles. The Kier molecular flexibility index (Phi) is 5.86. The SMILES string of the molecule is COc1cc(Cl)cc2cc(C(=O)C3=C(O)C(=O)N(Cc4ccc(F)cc4)C3c3sccc3C)oc12. The summed E-state index contributed by atoms with van der Waals surface area (Å²) >= 11 is 7.52. The van der Waals surface area contributed by atoms with Crippen molar-refractivity contribution in [3.63, 3.8) is 0 Å². The van der Waals surface area contributed by atoms with Crippen molar-refractivity contribution >= 4 is 45.6 Å². The molecule has 1 amide bonds. The lowest BCUT2D eigenvalue weighted by Gasteiger charge is -2.26. The molecule has 1 unspecified atom stereocenters. The zero-order chi connectivity index (χ0) is 24.9. The summed E-state index contributed by atoms with van der Waals surface area (Å²) in [5.74, 6) is -2.05. The zero-order valence-electron chi connectivity index (χ0n) is 18.7. The summed E-state index contributed by atoms with van der Waals surface area (Å²) < 4.78 is 24.5. The van der Waals surface area contributed by atoms with Crippen LogP contribution in [0.25, 0.3) is 11.0 Å². The minimum atomic E-state index is -0.834. The van der Waals surface area contributed by atoms with Crippen molar-refractivity contribution in [1.82, 2.24) is 4.90 Å². The average Bonchev–Trinajstić information content (AvgIpc) is 3.52. The van der Waals surface area contributed by atoms with Crippen LogP contribution in [0.2, 0.25) is 5.02 Å². The number of fused-ring (bicyclic) bond motifs is 1. The van der Waals surface area contributed by atoms with Gasteiger partial charge in [0.2, 0.25) is 5.78 Å². The van der Waals surface area contributed by atoms with Gasteiger partial charge >= 0.3 is 0 Å². The van der Waals surface area contributed by atoms with Crippen LogP contribution in [0.15, 0.2) is 69.7 Å². The molecule has 0 fully saturated rings. The number of carbonyl (C=O) groups excluding carboxylic acids is 2. The number of thiophene rings is 1. The van der Waals surface area contributed by atoms with Crippen molar-refractivity contribution in [1.29, 1.82) is 0 Å². The monoisotopic (exact) mass is 511 g/mol. The van der Waals surface area contributed by atoms with Crippen LogP contribution in [0, 0.1) is 12.7 Å². The van der Waals surface area contributed by atoms with Gasteiger partial charge in [-0.15, -0.1) is 11.3 Å². The van der Waals surface area contributed by atoms with Crippen molar-refractivity contribution in [2.75, 3.05) is 7.11 Å². The predicted octanol–water partition coefficient (Wildman–Crippen LogP) is 6.38. The molecule has 3 heterocycles. The Morgan fingerprint density at radius 2 is 1.97 bits per heavy atom. The van der Waals surface area contributed by atoms with Crippen LogP contribution < -0.4 is 4.74 Å². The van der Waals surface area contributed by atoms with Crippen LogP contribution in [-0.4, -0.2) is 28.8 Å². The number of hydrogen-bond acceptors (Lipinski definition) is 6. The number of aryl methyl sites for hydroxylation is 1. The second kappa shape index (κ2) is 8.87. The molecule has 1 N–H and O–H groups in total. The number of benzene rings is 2. The van der Waals surface area contributed by atoms with E-state index in [1.807, 2.05) is 18.4 Å². The Morgan fingerprint density at radius 3 is 2.63 bits per heavy atom. The molecule has 0 aliphatic carbocycles. The molecule has 1 aliphatic rings. The van der Waals surface area contributed by atoms with Crippen LogP contribution in [-0.2, 0) is 11.3 Å². The summed E-state index contributed by atoms with van der Waals surface area (Å²) in [6.45, 7) is 1.95. The molecule has 2 aromatic heterocycles. The number of ether oxygens (including phenoxy) is 1. The highest BCUT2D eigenvalue weighted by Crippen LogP contribution is 2.44. The Morgan fingerprint density at radius 1 is 1.23 bits per heavy atom. The quantitative estimate of drug-likeness (QED) is 0.304. The van der Waals surface area contributed by atoms with Crippen LogP contribution >= 0.6 is 22.9 Å². The lowest BCUT2D eigenvalue weighted by molar-refractivity contribution is -0.130. The Bertz CT molecular complexity index is 1500. The van der Waals surface area contributed by atoms with Gasteiger partial charge in [0.25, 0.3) is 5.91 Å². The van der Waals surface area contributed by atoms with E-state index in [4.69, 9.17) is 20.8 Å². The maximum absolute atomic E-state index is 13.7. The van der Waals surface area contributed by atoms with E-state index in [1.165, 1.54) is 41.5 Å². The molecule has 1 atom stereocenters. The highest BCUT2D eigenvalue weighted by Gasteiger charge is 2.45. The number of ketones is 1. The third kappa shape index (κ3) is 3.98. The van der Waals surface area contributed by atoms with Crippen LogP contribution in [0.4, 0.5) is 4.39 Å². The molecule has 0 spiro atoms. The van der Waals surface area contributed by atoms with Gasteiger partial charge in [-0.3, -0.25) is 9.59 Å². The van der Waals surface area contributed by atoms with Crippen LogP contribution in [0.5, 0.6) is 5.75 Å². The van der Waals surface area contributed by atoms with E-state index in [9.17, 15) is 19.1 Å². The van der Waals surface area contributed by atoms with Crippen LogP contribution in [0.3, 0.4) is 0 Å². The van der Waals surface area contributed by atoms with Crippen molar-refractivity contribution in [2.24, 2.45) is 0 Å². The molecule has 2 aromatic carbocycles. The molecule has 5 rings (SSSR count). The molecule has 1 aliphatic heterocycles. The van der Waals surface area contributed by atoms with Crippen molar-refractivity contribution < 1.29 is 28.2 Å². The van der Waals surface area contributed by atoms with Gasteiger partial charge in [0.15, 0.2) is 22.9 Å². The topological polar surface area (TPSA) is 80.0 Å². The average molecular weight is 512 g/mol. The van der Waals surface area contributed by atoms with E-state index in [0.717, 1.165) is 10.4 Å². The van der Waals surface area contributed by atoms with Gasteiger partial charge < -0.3 is 19.2 Å². The summed E-state index contributed by atoms with van der Waals surface area (Å²) in [5.41, 5.74) is 1.78. The molecule has 0 saturated carbocycles. The van der Waals surface area contributed by atoms with Gasteiger partial charge in [-0.2, -0.15) is 0 Å². The molecule has 9 heteroatoms. The summed E-state index contributed by atoms with van der Waals surface area (Å²) in [7, 11) is 1.46. The minimum absolute atomic E-state index is 0.0576. The van der Waals surface area contributed by atoms with Gasteiger partial charge in [0, 0.05) is 27.9 Å². The van der Waals surface area contributed by atoms with Crippen molar-refractivity contribution in [3.8, 4) is 5.75 Å². The first-order valence-corrected chi connectivity index (χ1v) is 11.9. The number of rotatable bonds is 6. The Hall–Kier alpha value is -3.62. The van der Waals surface area contributed by atoms with E-state index in [-0.39, 0.29) is 17.9 Å². The number of nitrogens with zero attached hydrogens (tertiary/aromatic N) is 1. The van der Waals surface area contributed by atoms with Gasteiger partial charge in [-0.25, -0.2) is 4.39 Å². The summed E-state index contributed by atoms with van der Waals surface area (Å²) in [6.07, 6.45) is 0. The van der Waals surface area contributed by atoms with Crippen molar-refractivity contribution in [3.05, 3.63) is 97.8 Å². The first-order valence-electron chi connectivity index (χ1n) is 10.6. The van der Waals surface area contributed by atoms with Gasteiger partial charge in [0.1, 0.15) is 11.9 Å². The summed E-state index contributed by atoms with van der Waals surface area (Å²) in [4.78, 5) is 29.0. The fourth-order valence-corrected chi connectivity index (χ4v) is 5.52. The molecule has 6 nitrogen and oxygen atoms in total. The molecule has 0 radical (unpaired) electrons. The second-order valence-corrected chi connectivity index (χ2v) is 9.54. The predicted molar refractivity (Wildman–Crippen MR) is 131 cm³/mol. The molecular formula is C26H19ClFNO5S. The Balaban J connectivity index is 1.60. The highest BCUT2D eigenvalue weighted by molar-refractivity contribution is 7.10. The molecular weight excluding hydrogens is 493 g/mol. The van der Waals surface area contributed by atoms with E-state index >= 15 is 0 Å². The maximum Gasteiger partial charge on any atom is 0.290 e. The smallest absolute Gasteiger partial charge is 0.290 e. The fourth-order valence-electron chi connectivity index (χ4n) is 4.25. The number of furan rings is 1. The molecule has 178 valence electrons. The number of aliphatic hydroxyl groups is 1. The lowest BCUT2D eigenvalue weighted by atomic mass is 9.98. The number of methoxy groups -OCH3 is 1. The fraction of sp³-hybridized carbons (Fsp3) is 0.154. The van der Waals surface area contributed by atoms with Crippen molar-refractivity contribution in [2.45, 2.75) is 19.5 Å². The largest absolute Gasteiger partial charge is 0.503 e. The third-order valence-corrected chi connectivity index (χ3v) is 7.24. The lowest BCUT2D eigenvalue weighted by Crippen LogP contribution is -2.30. The normalized spacial score (nSPS) is 15.9. The third-order valence-electron chi connectivity index (χ3n) is 5.96. The number of hydrogen-bond donors (Lipinski definition) is 1. The zero-order valence-corrected chi connectivity index (χ0v) is 20.2. The molecule has 4 aromatic rings. The number of Topliss-reactive ketones (excluding diaryl/α,β-unsaturated/α-hetero) is 1. The van der Waals surface area contributed by atoms with E-state index in [2.05, 4.69) is 0 Å². The number of amides is 1. The summed E-state index contributed by atoms with van der Waals surface area (Å²) in [6, 6.07) is 11.5. The van der Waals surface area contributed by atoms with E-state index in [1.54, 1.807) is 24.3 Å².